The molecule has 0 bridgehead atoms. The number of nitrogens with zero attached hydrogens (tertiary/aromatic N) is 5. The van der Waals surface area contributed by atoms with Crippen molar-refractivity contribution in [1.29, 1.82) is 0 Å². The van der Waals surface area contributed by atoms with E-state index in [2.05, 4.69) is 15.5 Å². The quantitative estimate of drug-likeness (QED) is 0.690. The molecule has 3 rings (SSSR count). The Labute approximate surface area is 145 Å². The first kappa shape index (κ1) is 16.6. The lowest BCUT2D eigenvalue weighted by Crippen LogP contribution is -2.26. The van der Waals surface area contributed by atoms with Gasteiger partial charge in [0, 0.05) is 19.2 Å². The molecule has 0 aliphatic carbocycles. The van der Waals surface area contributed by atoms with Gasteiger partial charge in [-0.05, 0) is 59.3 Å². The maximum absolute atomic E-state index is 12.6. The average Bonchev–Trinajstić information content (AvgIpc) is 3.18. The Morgan fingerprint density at radius 2 is 1.84 bits per heavy atom. The van der Waals surface area contributed by atoms with E-state index in [1.54, 1.807) is 24.1 Å². The van der Waals surface area contributed by atoms with Gasteiger partial charge < -0.3 is 9.64 Å². The molecule has 7 nitrogen and oxygen atoms in total. The second-order valence-electron chi connectivity index (χ2n) is 5.54. The number of carbonyl (C=O) groups excluding carboxylic acids is 1. The van der Waals surface area contributed by atoms with Crippen LogP contribution in [0.2, 0.25) is 0 Å². The molecule has 3 aromatic rings. The Morgan fingerprint density at radius 3 is 2.44 bits per heavy atom. The molecule has 0 saturated carbocycles. The van der Waals surface area contributed by atoms with Gasteiger partial charge in [-0.15, -0.1) is 5.10 Å². The van der Waals surface area contributed by atoms with Crippen molar-refractivity contribution < 1.29 is 9.53 Å². The lowest BCUT2D eigenvalue weighted by atomic mass is 10.1. The smallest absolute Gasteiger partial charge is 0.253 e. The van der Waals surface area contributed by atoms with E-state index in [-0.39, 0.29) is 5.91 Å². The van der Waals surface area contributed by atoms with Gasteiger partial charge >= 0.3 is 0 Å². The van der Waals surface area contributed by atoms with Crippen LogP contribution in [0, 0.1) is 0 Å². The van der Waals surface area contributed by atoms with Gasteiger partial charge in [-0.1, -0.05) is 12.1 Å². The number of hydrogen-bond acceptors (Lipinski definition) is 5. The Balaban J connectivity index is 1.65. The number of hydrogen-bond donors (Lipinski definition) is 0. The number of carbonyl (C=O) groups is 1. The predicted molar refractivity (Wildman–Crippen MR) is 92.6 cm³/mol. The fraction of sp³-hybridized carbons (Fsp3) is 0.222. The van der Waals surface area contributed by atoms with E-state index in [4.69, 9.17) is 4.74 Å². The molecule has 0 atom stereocenters. The SMILES string of the molecule is CCOc1ccc(CN(C)C(=O)c2ccc(-n3cnnn3)cc2)cc1. The van der Waals surface area contributed by atoms with E-state index in [1.165, 1.54) is 11.0 Å². The van der Waals surface area contributed by atoms with E-state index in [0.717, 1.165) is 17.0 Å². The molecule has 1 heterocycles. The monoisotopic (exact) mass is 337 g/mol. The molecule has 0 radical (unpaired) electrons. The Hall–Kier alpha value is -3.22. The molecule has 1 aromatic heterocycles. The molecule has 25 heavy (non-hydrogen) atoms. The summed E-state index contributed by atoms with van der Waals surface area (Å²) in [7, 11) is 1.79. The third-order valence-corrected chi connectivity index (χ3v) is 3.73. The first-order valence-electron chi connectivity index (χ1n) is 7.98. The summed E-state index contributed by atoms with van der Waals surface area (Å²) < 4.78 is 6.97. The van der Waals surface area contributed by atoms with Crippen LogP contribution in [0.4, 0.5) is 0 Å². The molecule has 0 spiro atoms. The predicted octanol–water partition coefficient (Wildman–Crippen LogP) is 2.33. The molecular formula is C18H19N5O2. The Kier molecular flexibility index (Phi) is 5.03. The topological polar surface area (TPSA) is 73.1 Å². The average molecular weight is 337 g/mol. The van der Waals surface area contributed by atoms with Crippen molar-refractivity contribution in [3.63, 3.8) is 0 Å². The highest BCUT2D eigenvalue weighted by Gasteiger charge is 2.12. The molecule has 0 N–H and O–H groups in total. The van der Waals surface area contributed by atoms with Gasteiger partial charge in [0.2, 0.25) is 0 Å². The van der Waals surface area contributed by atoms with Crippen molar-refractivity contribution >= 4 is 5.91 Å². The molecule has 1 amide bonds. The summed E-state index contributed by atoms with van der Waals surface area (Å²) in [5.74, 6) is 0.788. The van der Waals surface area contributed by atoms with E-state index >= 15 is 0 Å². The third kappa shape index (κ3) is 4.00. The molecule has 0 fully saturated rings. The van der Waals surface area contributed by atoms with Crippen LogP contribution in [-0.4, -0.2) is 44.7 Å². The summed E-state index contributed by atoms with van der Waals surface area (Å²) in [5, 5.41) is 11.0. The van der Waals surface area contributed by atoms with Crippen LogP contribution in [0.1, 0.15) is 22.8 Å². The van der Waals surface area contributed by atoms with Gasteiger partial charge in [0.1, 0.15) is 12.1 Å². The van der Waals surface area contributed by atoms with Crippen LogP contribution in [0.5, 0.6) is 5.75 Å². The van der Waals surface area contributed by atoms with Crippen LogP contribution >= 0.6 is 0 Å². The summed E-state index contributed by atoms with van der Waals surface area (Å²) in [6, 6.07) is 14.9. The molecule has 7 heteroatoms. The lowest BCUT2D eigenvalue weighted by Gasteiger charge is -2.18. The number of ether oxygens (including phenoxy) is 1. The zero-order valence-electron chi connectivity index (χ0n) is 14.2. The van der Waals surface area contributed by atoms with Crippen LogP contribution in [0.15, 0.2) is 54.9 Å². The standard InChI is InChI=1S/C18H19N5O2/c1-3-25-17-10-4-14(5-11-17)12-22(2)18(24)15-6-8-16(9-7-15)23-13-19-20-21-23/h4-11,13H,3,12H2,1-2H3. The first-order chi connectivity index (χ1) is 12.2. The molecular weight excluding hydrogens is 318 g/mol. The number of rotatable bonds is 6. The van der Waals surface area contributed by atoms with Crippen molar-refractivity contribution in [3.8, 4) is 11.4 Å². The van der Waals surface area contributed by atoms with Crippen LogP contribution < -0.4 is 4.74 Å². The summed E-state index contributed by atoms with van der Waals surface area (Å²) in [6.45, 7) is 3.11. The fourth-order valence-corrected chi connectivity index (χ4v) is 2.46. The Bertz CT molecular complexity index is 814. The molecule has 0 saturated heterocycles. The van der Waals surface area contributed by atoms with Gasteiger partial charge in [0.15, 0.2) is 0 Å². The van der Waals surface area contributed by atoms with Gasteiger partial charge in [-0.25, -0.2) is 4.68 Å². The molecule has 0 aliphatic heterocycles. The normalized spacial score (nSPS) is 10.5. The van der Waals surface area contributed by atoms with Crippen LogP contribution in [0.25, 0.3) is 5.69 Å². The van der Waals surface area contributed by atoms with E-state index in [0.29, 0.717) is 18.7 Å². The molecule has 0 aliphatic rings. The van der Waals surface area contributed by atoms with Crippen LogP contribution in [0.3, 0.4) is 0 Å². The largest absolute Gasteiger partial charge is 0.494 e. The van der Waals surface area contributed by atoms with Crippen molar-refractivity contribution in [2.75, 3.05) is 13.7 Å². The van der Waals surface area contributed by atoms with Crippen molar-refractivity contribution in [1.82, 2.24) is 25.1 Å². The lowest BCUT2D eigenvalue weighted by molar-refractivity contribution is 0.0785. The molecule has 128 valence electrons. The number of benzene rings is 2. The highest BCUT2D eigenvalue weighted by Crippen LogP contribution is 2.15. The van der Waals surface area contributed by atoms with E-state index in [1.807, 2.05) is 43.3 Å². The van der Waals surface area contributed by atoms with Crippen molar-refractivity contribution in [2.45, 2.75) is 13.5 Å². The minimum Gasteiger partial charge on any atom is -0.494 e. The highest BCUT2D eigenvalue weighted by molar-refractivity contribution is 5.94. The van der Waals surface area contributed by atoms with E-state index < -0.39 is 0 Å². The minimum absolute atomic E-state index is 0.0443. The summed E-state index contributed by atoms with van der Waals surface area (Å²) in [5.41, 5.74) is 2.46. The number of tetrazole rings is 1. The number of amides is 1. The number of aromatic nitrogens is 4. The van der Waals surface area contributed by atoms with Gasteiger partial charge in [-0.3, -0.25) is 4.79 Å². The van der Waals surface area contributed by atoms with Crippen molar-refractivity contribution in [3.05, 3.63) is 66.0 Å². The minimum atomic E-state index is -0.0443. The molecule has 0 unspecified atom stereocenters. The fourth-order valence-electron chi connectivity index (χ4n) is 2.46. The van der Waals surface area contributed by atoms with Crippen LogP contribution in [-0.2, 0) is 6.54 Å². The van der Waals surface area contributed by atoms with Crippen molar-refractivity contribution in [2.24, 2.45) is 0 Å². The zero-order chi connectivity index (χ0) is 17.6. The van der Waals surface area contributed by atoms with Gasteiger partial charge in [0.25, 0.3) is 5.91 Å². The Morgan fingerprint density at radius 1 is 1.12 bits per heavy atom. The third-order valence-electron chi connectivity index (χ3n) is 3.73. The zero-order valence-corrected chi connectivity index (χ0v) is 14.2. The van der Waals surface area contributed by atoms with Gasteiger partial charge in [0.05, 0.1) is 12.3 Å². The maximum atomic E-state index is 12.6. The first-order valence-corrected chi connectivity index (χ1v) is 7.98. The summed E-state index contributed by atoms with van der Waals surface area (Å²) >= 11 is 0. The molecule has 2 aromatic carbocycles. The second kappa shape index (κ2) is 7.57. The van der Waals surface area contributed by atoms with Gasteiger partial charge in [-0.2, -0.15) is 0 Å². The summed E-state index contributed by atoms with van der Waals surface area (Å²) in [4.78, 5) is 14.3. The maximum Gasteiger partial charge on any atom is 0.253 e. The highest BCUT2D eigenvalue weighted by atomic mass is 16.5. The van der Waals surface area contributed by atoms with E-state index in [9.17, 15) is 4.79 Å². The second-order valence-corrected chi connectivity index (χ2v) is 5.54. The summed E-state index contributed by atoms with van der Waals surface area (Å²) in [6.07, 6.45) is 1.51.